The van der Waals surface area contributed by atoms with Crippen LogP contribution in [0.1, 0.15) is 5.56 Å². The van der Waals surface area contributed by atoms with E-state index in [4.69, 9.17) is 5.84 Å². The van der Waals surface area contributed by atoms with Crippen LogP contribution in [0, 0.1) is 0 Å². The number of anilines is 1. The Morgan fingerprint density at radius 3 is 2.61 bits per heavy atom. The highest BCUT2D eigenvalue weighted by Crippen LogP contribution is 2.17. The smallest absolute Gasteiger partial charge is 0.308 e. The third-order valence-electron chi connectivity index (χ3n) is 2.61. The first-order chi connectivity index (χ1) is 8.56. The SMILES string of the molecule is CN1C(=O)C(=O)N(Cc2cccnc2NN)C1=O. The van der Waals surface area contributed by atoms with Crippen molar-refractivity contribution >= 4 is 23.7 Å². The van der Waals surface area contributed by atoms with E-state index in [1.165, 1.54) is 13.2 Å². The zero-order valence-electron chi connectivity index (χ0n) is 9.58. The third kappa shape index (κ3) is 1.78. The third-order valence-corrected chi connectivity index (χ3v) is 2.61. The molecule has 2 rings (SSSR count). The number of hydrogen-bond acceptors (Lipinski definition) is 6. The molecular formula is C10H11N5O3. The number of hydrazine groups is 1. The summed E-state index contributed by atoms with van der Waals surface area (Å²) in [7, 11) is 1.26. The van der Waals surface area contributed by atoms with Crippen LogP contribution < -0.4 is 11.3 Å². The molecule has 0 bridgehead atoms. The normalized spacial score (nSPS) is 15.6. The molecule has 1 fully saturated rings. The van der Waals surface area contributed by atoms with Gasteiger partial charge in [0, 0.05) is 18.8 Å². The highest BCUT2D eigenvalue weighted by Gasteiger charge is 2.42. The van der Waals surface area contributed by atoms with Crippen LogP contribution >= 0.6 is 0 Å². The van der Waals surface area contributed by atoms with Crippen molar-refractivity contribution in [2.24, 2.45) is 5.84 Å². The van der Waals surface area contributed by atoms with Crippen LogP contribution in [-0.4, -0.2) is 39.7 Å². The number of hydrogen-bond donors (Lipinski definition) is 2. The van der Waals surface area contributed by atoms with E-state index in [0.29, 0.717) is 11.4 Å². The summed E-state index contributed by atoms with van der Waals surface area (Å²) in [5.74, 6) is 3.92. The molecule has 3 N–H and O–H groups in total. The molecule has 1 aromatic heterocycles. The number of aromatic nitrogens is 1. The second-order valence-electron chi connectivity index (χ2n) is 3.69. The van der Waals surface area contributed by atoms with Gasteiger partial charge in [-0.3, -0.25) is 19.4 Å². The molecule has 1 aliphatic heterocycles. The maximum atomic E-state index is 11.7. The van der Waals surface area contributed by atoms with E-state index in [0.717, 1.165) is 9.80 Å². The molecule has 0 saturated carbocycles. The molecule has 94 valence electrons. The van der Waals surface area contributed by atoms with E-state index < -0.39 is 17.8 Å². The molecule has 8 heteroatoms. The highest BCUT2D eigenvalue weighted by molar-refractivity contribution is 6.44. The number of pyridine rings is 1. The Balaban J connectivity index is 2.27. The average molecular weight is 249 g/mol. The topological polar surface area (TPSA) is 109 Å². The summed E-state index contributed by atoms with van der Waals surface area (Å²) >= 11 is 0. The van der Waals surface area contributed by atoms with E-state index in [9.17, 15) is 14.4 Å². The number of nitrogens with two attached hydrogens (primary N) is 1. The summed E-state index contributed by atoms with van der Waals surface area (Å²) in [5.41, 5.74) is 2.91. The van der Waals surface area contributed by atoms with Crippen molar-refractivity contribution in [2.75, 3.05) is 12.5 Å². The molecule has 0 atom stereocenters. The van der Waals surface area contributed by atoms with Gasteiger partial charge in [0.25, 0.3) is 0 Å². The highest BCUT2D eigenvalue weighted by atomic mass is 16.2. The minimum Gasteiger partial charge on any atom is -0.308 e. The van der Waals surface area contributed by atoms with Crippen molar-refractivity contribution in [3.8, 4) is 0 Å². The van der Waals surface area contributed by atoms with Gasteiger partial charge >= 0.3 is 17.8 Å². The van der Waals surface area contributed by atoms with Crippen LogP contribution in [0.5, 0.6) is 0 Å². The molecule has 1 aliphatic rings. The minimum atomic E-state index is -0.852. The van der Waals surface area contributed by atoms with E-state index >= 15 is 0 Å². The first-order valence-electron chi connectivity index (χ1n) is 5.10. The Labute approximate surface area is 102 Å². The molecule has 0 radical (unpaired) electrons. The number of nitrogen functional groups attached to an aromatic ring is 1. The monoisotopic (exact) mass is 249 g/mol. The fourth-order valence-electron chi connectivity index (χ4n) is 1.62. The van der Waals surface area contributed by atoms with Gasteiger partial charge in [-0.1, -0.05) is 6.07 Å². The zero-order valence-corrected chi connectivity index (χ0v) is 9.58. The number of carbonyl (C=O) groups excluding carboxylic acids is 3. The molecule has 2 heterocycles. The Hall–Kier alpha value is -2.48. The predicted octanol–water partition coefficient (Wildman–Crippen LogP) is -0.712. The van der Waals surface area contributed by atoms with Gasteiger partial charge in [0.1, 0.15) is 5.82 Å². The lowest BCUT2D eigenvalue weighted by atomic mass is 10.2. The van der Waals surface area contributed by atoms with Crippen molar-refractivity contribution in [1.82, 2.24) is 14.8 Å². The molecule has 8 nitrogen and oxygen atoms in total. The lowest BCUT2D eigenvalue weighted by molar-refractivity contribution is -0.143. The number of imide groups is 2. The van der Waals surface area contributed by atoms with Crippen molar-refractivity contribution < 1.29 is 14.4 Å². The van der Waals surface area contributed by atoms with Gasteiger partial charge in [-0.05, 0) is 6.07 Å². The summed E-state index contributed by atoms with van der Waals surface area (Å²) in [5, 5.41) is 0. The number of rotatable bonds is 3. The van der Waals surface area contributed by atoms with Gasteiger partial charge in [-0.25, -0.2) is 15.6 Å². The number of nitrogens with one attached hydrogen (secondary N) is 1. The van der Waals surface area contributed by atoms with E-state index in [1.807, 2.05) is 0 Å². The maximum absolute atomic E-state index is 11.7. The molecule has 1 aromatic rings. The van der Waals surface area contributed by atoms with E-state index in [-0.39, 0.29) is 6.54 Å². The van der Waals surface area contributed by atoms with Gasteiger partial charge in [0.15, 0.2) is 0 Å². The van der Waals surface area contributed by atoms with E-state index in [1.54, 1.807) is 12.1 Å². The molecule has 0 spiro atoms. The fraction of sp³-hybridized carbons (Fsp3) is 0.200. The quantitative estimate of drug-likeness (QED) is 0.317. The summed E-state index contributed by atoms with van der Waals surface area (Å²) in [6, 6.07) is 2.65. The Bertz CT molecular complexity index is 530. The number of amides is 4. The summed E-state index contributed by atoms with van der Waals surface area (Å²) in [6.45, 7) is -0.0544. The van der Waals surface area contributed by atoms with E-state index in [2.05, 4.69) is 10.4 Å². The molecule has 18 heavy (non-hydrogen) atoms. The average Bonchev–Trinajstić information content (AvgIpc) is 2.57. The lowest BCUT2D eigenvalue weighted by Gasteiger charge is -2.14. The van der Waals surface area contributed by atoms with Crippen LogP contribution in [0.25, 0.3) is 0 Å². The van der Waals surface area contributed by atoms with Crippen molar-refractivity contribution in [2.45, 2.75) is 6.54 Å². The van der Waals surface area contributed by atoms with Crippen molar-refractivity contribution in [3.05, 3.63) is 23.9 Å². The number of nitrogens with zero attached hydrogens (tertiary/aromatic N) is 3. The van der Waals surface area contributed by atoms with Crippen LogP contribution in [0.15, 0.2) is 18.3 Å². The van der Waals surface area contributed by atoms with Crippen LogP contribution in [-0.2, 0) is 16.1 Å². The maximum Gasteiger partial charge on any atom is 0.334 e. The standard InChI is InChI=1S/C10H11N5O3/c1-14-8(16)9(17)15(10(14)18)5-6-3-2-4-12-7(6)13-11/h2-4H,5,11H2,1H3,(H,12,13). The fourth-order valence-corrected chi connectivity index (χ4v) is 1.62. The van der Waals surface area contributed by atoms with Gasteiger partial charge in [0.05, 0.1) is 6.54 Å². The molecule has 4 amide bonds. The number of urea groups is 1. The number of likely N-dealkylation sites (N-methyl/N-ethyl adjacent to an activating group) is 1. The molecule has 0 aromatic carbocycles. The van der Waals surface area contributed by atoms with Crippen LogP contribution in [0.4, 0.5) is 10.6 Å². The Morgan fingerprint density at radius 1 is 1.33 bits per heavy atom. The summed E-state index contributed by atoms with van der Waals surface area (Å²) in [4.78, 5) is 40.1. The zero-order chi connectivity index (χ0) is 13.3. The predicted molar refractivity (Wildman–Crippen MR) is 60.8 cm³/mol. The second kappa shape index (κ2) is 4.41. The minimum absolute atomic E-state index is 0.0544. The van der Waals surface area contributed by atoms with Crippen LogP contribution in [0.2, 0.25) is 0 Å². The largest absolute Gasteiger partial charge is 0.334 e. The number of carbonyl (C=O) groups is 3. The van der Waals surface area contributed by atoms with Gasteiger partial charge < -0.3 is 5.43 Å². The first kappa shape index (κ1) is 12.0. The second-order valence-corrected chi connectivity index (χ2v) is 3.69. The summed E-state index contributed by atoms with van der Waals surface area (Å²) < 4.78 is 0. The van der Waals surface area contributed by atoms with Crippen molar-refractivity contribution in [1.29, 1.82) is 0 Å². The van der Waals surface area contributed by atoms with Gasteiger partial charge in [-0.2, -0.15) is 0 Å². The molecule has 1 saturated heterocycles. The van der Waals surface area contributed by atoms with Crippen LogP contribution in [0.3, 0.4) is 0 Å². The Kier molecular flexibility index (Phi) is 2.94. The molecular weight excluding hydrogens is 238 g/mol. The molecule has 0 aliphatic carbocycles. The Morgan fingerprint density at radius 2 is 2.06 bits per heavy atom. The van der Waals surface area contributed by atoms with Gasteiger partial charge in [0.2, 0.25) is 0 Å². The van der Waals surface area contributed by atoms with Gasteiger partial charge in [-0.15, -0.1) is 0 Å². The van der Waals surface area contributed by atoms with Crippen molar-refractivity contribution in [3.63, 3.8) is 0 Å². The summed E-state index contributed by atoms with van der Waals surface area (Å²) in [6.07, 6.45) is 1.52. The molecule has 0 unspecified atom stereocenters. The lowest BCUT2D eigenvalue weighted by Crippen LogP contribution is -2.31. The first-order valence-corrected chi connectivity index (χ1v) is 5.10.